The highest BCUT2D eigenvalue weighted by Crippen LogP contribution is 2.16. The molecule has 2 N–H and O–H groups in total. The van der Waals surface area contributed by atoms with Gasteiger partial charge in [0.1, 0.15) is 31.1 Å². The van der Waals surface area contributed by atoms with Crippen LogP contribution in [0.5, 0.6) is 0 Å². The molecule has 1 aliphatic heterocycles. The van der Waals surface area contributed by atoms with Gasteiger partial charge < -0.3 is 0 Å². The van der Waals surface area contributed by atoms with Crippen LogP contribution < -0.4 is 9.80 Å². The first-order chi connectivity index (χ1) is 10.9. The molecule has 114 valence electrons. The second kappa shape index (κ2) is 6.64. The van der Waals surface area contributed by atoms with Crippen LogP contribution in [0, 0.1) is 0 Å². The maximum atomic E-state index is 2.32. The van der Waals surface area contributed by atoms with Crippen LogP contribution in [0.1, 0.15) is 20.8 Å². The Kier molecular flexibility index (Phi) is 4.41. The van der Waals surface area contributed by atoms with Crippen LogP contribution in [0.2, 0.25) is 0 Å². The number of hydrogen-bond donors (Lipinski definition) is 2. The summed E-state index contributed by atoms with van der Waals surface area (Å²) in [6.07, 6.45) is 0.587. The van der Waals surface area contributed by atoms with Crippen molar-refractivity contribution in [3.8, 4) is 0 Å². The average Bonchev–Trinajstić information content (AvgIpc) is 3.27. The summed E-state index contributed by atoms with van der Waals surface area (Å²) in [6.45, 7) is 4.85. The van der Waals surface area contributed by atoms with Crippen LogP contribution in [-0.4, -0.2) is 13.1 Å². The smallest absolute Gasteiger partial charge is 0.250 e. The molecule has 2 unspecified atom stereocenters. The molecule has 0 spiro atoms. The normalized spacial score (nSPS) is 24.8. The van der Waals surface area contributed by atoms with E-state index in [1.54, 1.807) is 9.80 Å². The lowest BCUT2D eigenvalue weighted by molar-refractivity contribution is -1.09. The third-order valence-corrected chi connectivity index (χ3v) is 7.06. The Morgan fingerprint density at radius 2 is 1.32 bits per heavy atom. The first kappa shape index (κ1) is 14.6. The van der Waals surface area contributed by atoms with Crippen LogP contribution in [0.3, 0.4) is 0 Å². The monoisotopic (exact) mass is 348 g/mol. The largest absolute Gasteiger partial charge is 0.272 e. The summed E-state index contributed by atoms with van der Waals surface area (Å²) >= 11 is 5.70. The highest BCUT2D eigenvalue weighted by Gasteiger charge is 2.41. The highest BCUT2D eigenvalue weighted by molar-refractivity contribution is 7.10. The third kappa shape index (κ3) is 3.05. The minimum absolute atomic E-state index is 0.587. The van der Waals surface area contributed by atoms with E-state index in [0.29, 0.717) is 6.17 Å². The highest BCUT2D eigenvalue weighted by atomic mass is 32.1. The Bertz CT molecular complexity index is 629. The fourth-order valence-electron chi connectivity index (χ4n) is 3.41. The molecule has 0 saturated carbocycles. The Morgan fingerprint density at radius 1 is 0.773 bits per heavy atom. The Labute approximate surface area is 143 Å². The minimum atomic E-state index is 0.587. The predicted molar refractivity (Wildman–Crippen MR) is 94.8 cm³/mol. The Morgan fingerprint density at radius 3 is 1.77 bits per heavy atom. The lowest BCUT2D eigenvalue weighted by Crippen LogP contribution is -3.22. The molecule has 3 aromatic rings. The van der Waals surface area contributed by atoms with E-state index in [1.807, 2.05) is 34.0 Å². The predicted octanol–water partition coefficient (Wildman–Crippen LogP) is 2.05. The molecule has 1 fully saturated rings. The van der Waals surface area contributed by atoms with E-state index in [4.69, 9.17) is 0 Å². The molecule has 0 bridgehead atoms. The van der Waals surface area contributed by atoms with E-state index in [0.717, 1.165) is 13.1 Å². The van der Waals surface area contributed by atoms with Gasteiger partial charge in [-0.15, -0.1) is 34.0 Å². The molecule has 4 heterocycles. The molecule has 4 rings (SSSR count). The van der Waals surface area contributed by atoms with Gasteiger partial charge in [0.25, 0.3) is 0 Å². The van der Waals surface area contributed by atoms with E-state index in [1.165, 1.54) is 27.7 Å². The SMILES string of the molecule is c1csc(C[NH+]2CC[NH+](Cc3cccs3)C2c2cccs2)c1. The standard InChI is InChI=1S/C17H18N2S3/c1-4-14(20-9-1)12-18-7-8-19(13-15-5-2-10-21-15)17(18)16-6-3-11-22-16/h1-6,9-11,17H,7-8,12-13H2/p+2. The van der Waals surface area contributed by atoms with E-state index in [2.05, 4.69) is 52.5 Å². The average molecular weight is 349 g/mol. The molecular formula is C17H20N2S3+2. The zero-order chi connectivity index (χ0) is 14.8. The van der Waals surface area contributed by atoms with Gasteiger partial charge in [0, 0.05) is 0 Å². The summed E-state index contributed by atoms with van der Waals surface area (Å²) in [7, 11) is 0. The molecule has 1 saturated heterocycles. The molecular weight excluding hydrogens is 328 g/mol. The Balaban J connectivity index is 1.56. The van der Waals surface area contributed by atoms with E-state index in [9.17, 15) is 0 Å². The van der Waals surface area contributed by atoms with Gasteiger partial charge in [-0.25, -0.2) is 0 Å². The first-order valence-electron chi connectivity index (χ1n) is 7.67. The molecule has 0 aromatic carbocycles. The van der Waals surface area contributed by atoms with Gasteiger partial charge in [-0.05, 0) is 34.3 Å². The molecule has 0 amide bonds. The summed E-state index contributed by atoms with van der Waals surface area (Å²) in [5.41, 5.74) is 0. The summed E-state index contributed by atoms with van der Waals surface area (Å²) < 4.78 is 0. The van der Waals surface area contributed by atoms with Gasteiger partial charge in [0.15, 0.2) is 0 Å². The van der Waals surface area contributed by atoms with Gasteiger partial charge in [0.05, 0.1) is 9.75 Å². The zero-order valence-corrected chi connectivity index (χ0v) is 14.8. The summed E-state index contributed by atoms with van der Waals surface area (Å²) in [5, 5.41) is 6.61. The van der Waals surface area contributed by atoms with Crippen molar-refractivity contribution in [2.24, 2.45) is 0 Å². The fourth-order valence-corrected chi connectivity index (χ4v) is 5.87. The van der Waals surface area contributed by atoms with Crippen molar-refractivity contribution in [1.29, 1.82) is 0 Å². The van der Waals surface area contributed by atoms with Gasteiger partial charge in [-0.3, -0.25) is 9.80 Å². The lowest BCUT2D eigenvalue weighted by Gasteiger charge is -2.22. The van der Waals surface area contributed by atoms with Crippen molar-refractivity contribution < 1.29 is 9.80 Å². The number of nitrogens with one attached hydrogen (secondary N) is 2. The van der Waals surface area contributed by atoms with Gasteiger partial charge >= 0.3 is 0 Å². The second-order valence-electron chi connectivity index (χ2n) is 5.78. The van der Waals surface area contributed by atoms with Gasteiger partial charge in [0.2, 0.25) is 6.17 Å². The molecule has 0 radical (unpaired) electrons. The number of quaternary nitrogens is 2. The van der Waals surface area contributed by atoms with Crippen molar-refractivity contribution in [2.75, 3.05) is 13.1 Å². The quantitative estimate of drug-likeness (QED) is 0.698. The second-order valence-corrected chi connectivity index (χ2v) is 8.82. The van der Waals surface area contributed by atoms with E-state index in [-0.39, 0.29) is 0 Å². The number of hydrogen-bond acceptors (Lipinski definition) is 3. The maximum Gasteiger partial charge on any atom is 0.250 e. The van der Waals surface area contributed by atoms with Crippen LogP contribution in [0.4, 0.5) is 0 Å². The van der Waals surface area contributed by atoms with Crippen LogP contribution >= 0.6 is 34.0 Å². The molecule has 1 aliphatic rings. The Hall–Kier alpha value is -0.980. The molecule has 2 atom stereocenters. The lowest BCUT2D eigenvalue weighted by atomic mass is 10.3. The summed E-state index contributed by atoms with van der Waals surface area (Å²) in [5.74, 6) is 0. The topological polar surface area (TPSA) is 8.88 Å². The van der Waals surface area contributed by atoms with Gasteiger partial charge in [-0.1, -0.05) is 18.2 Å². The van der Waals surface area contributed by atoms with Crippen LogP contribution in [-0.2, 0) is 13.1 Å². The van der Waals surface area contributed by atoms with E-state index >= 15 is 0 Å². The van der Waals surface area contributed by atoms with E-state index < -0.39 is 0 Å². The molecule has 22 heavy (non-hydrogen) atoms. The number of thiophene rings is 3. The van der Waals surface area contributed by atoms with Crippen molar-refractivity contribution in [3.05, 3.63) is 67.2 Å². The molecule has 2 nitrogen and oxygen atoms in total. The maximum absolute atomic E-state index is 2.32. The van der Waals surface area contributed by atoms with Crippen LogP contribution in [0.15, 0.2) is 52.5 Å². The van der Waals surface area contributed by atoms with Crippen molar-refractivity contribution >= 4 is 34.0 Å². The van der Waals surface area contributed by atoms with Crippen molar-refractivity contribution in [2.45, 2.75) is 19.3 Å². The molecule has 3 aromatic heterocycles. The fraction of sp³-hybridized carbons (Fsp3) is 0.294. The summed E-state index contributed by atoms with van der Waals surface area (Å²) in [6, 6.07) is 13.4. The first-order valence-corrected chi connectivity index (χ1v) is 10.3. The zero-order valence-electron chi connectivity index (χ0n) is 12.3. The third-order valence-electron chi connectivity index (χ3n) is 4.37. The number of rotatable bonds is 5. The summed E-state index contributed by atoms with van der Waals surface area (Å²) in [4.78, 5) is 7.99. The molecule has 0 aliphatic carbocycles. The van der Waals surface area contributed by atoms with Gasteiger partial charge in [-0.2, -0.15) is 0 Å². The van der Waals surface area contributed by atoms with Crippen LogP contribution in [0.25, 0.3) is 0 Å². The van der Waals surface area contributed by atoms with Crippen molar-refractivity contribution in [3.63, 3.8) is 0 Å². The minimum Gasteiger partial charge on any atom is -0.272 e. The molecule has 5 heteroatoms. The van der Waals surface area contributed by atoms with Crippen molar-refractivity contribution in [1.82, 2.24) is 0 Å².